The van der Waals surface area contributed by atoms with Gasteiger partial charge in [-0.15, -0.1) is 11.3 Å². The van der Waals surface area contributed by atoms with Crippen LogP contribution >= 0.6 is 11.3 Å². The molecule has 2 bridgehead atoms. The van der Waals surface area contributed by atoms with E-state index in [0.29, 0.717) is 12.6 Å². The molecule has 26 heavy (non-hydrogen) atoms. The molecule has 2 aromatic rings. The predicted octanol–water partition coefficient (Wildman–Crippen LogP) is 2.45. The Labute approximate surface area is 157 Å². The summed E-state index contributed by atoms with van der Waals surface area (Å²) in [5.74, 6) is 1.15. The van der Waals surface area contributed by atoms with Crippen molar-refractivity contribution in [2.75, 3.05) is 6.61 Å². The van der Waals surface area contributed by atoms with Gasteiger partial charge in [-0.05, 0) is 36.5 Å². The summed E-state index contributed by atoms with van der Waals surface area (Å²) < 4.78 is 5.57. The summed E-state index contributed by atoms with van der Waals surface area (Å²) in [5.41, 5.74) is 4.91. The van der Waals surface area contributed by atoms with Gasteiger partial charge in [0.05, 0.1) is 23.2 Å². The number of fused-ring (bicyclic) bond motifs is 3. The number of rotatable bonds is 5. The Morgan fingerprint density at radius 3 is 3.15 bits per heavy atom. The van der Waals surface area contributed by atoms with Gasteiger partial charge in [0.2, 0.25) is 5.91 Å². The van der Waals surface area contributed by atoms with Crippen LogP contribution in [0.5, 0.6) is 5.75 Å². The number of carbonyl (C=O) groups is 1. The summed E-state index contributed by atoms with van der Waals surface area (Å²) >= 11 is 1.60. The van der Waals surface area contributed by atoms with Gasteiger partial charge in [-0.25, -0.2) is 4.98 Å². The second kappa shape index (κ2) is 6.35. The Hall–Kier alpha value is -1.92. The number of hydrogen-bond donors (Lipinski definition) is 2. The Kier molecular flexibility index (Phi) is 3.98. The second-order valence-electron chi connectivity index (χ2n) is 7.73. The summed E-state index contributed by atoms with van der Waals surface area (Å²) in [4.78, 5) is 17.7. The largest absolute Gasteiger partial charge is 0.493 e. The number of carbonyl (C=O) groups excluding carboxylic acids is 1. The summed E-state index contributed by atoms with van der Waals surface area (Å²) in [5, 5.41) is 8.94. The SMILES string of the molecule is O=C(NCc1ccc2c(c1)CCO2)[C@]1(Cc2cscn2)C[C@@H]2CC[C@H]1N2. The molecule has 0 radical (unpaired) electrons. The van der Waals surface area contributed by atoms with Crippen molar-refractivity contribution in [2.24, 2.45) is 5.41 Å². The minimum absolute atomic E-state index is 0.168. The second-order valence-corrected chi connectivity index (χ2v) is 8.45. The number of amides is 1. The number of benzene rings is 1. The van der Waals surface area contributed by atoms with E-state index in [9.17, 15) is 4.79 Å². The summed E-state index contributed by atoms with van der Waals surface area (Å²) in [6.07, 6.45) is 4.87. The lowest BCUT2D eigenvalue weighted by molar-refractivity contribution is -0.132. The van der Waals surface area contributed by atoms with E-state index in [4.69, 9.17) is 4.74 Å². The number of ether oxygens (including phenoxy) is 1. The molecular formula is C20H23N3O2S. The fourth-order valence-electron chi connectivity index (χ4n) is 4.88. The van der Waals surface area contributed by atoms with Crippen LogP contribution in [0.1, 0.15) is 36.1 Å². The van der Waals surface area contributed by atoms with Gasteiger partial charge >= 0.3 is 0 Å². The van der Waals surface area contributed by atoms with Gasteiger partial charge < -0.3 is 15.4 Å². The molecule has 0 saturated carbocycles. The summed E-state index contributed by atoms with van der Waals surface area (Å²) in [6.45, 7) is 1.33. The van der Waals surface area contributed by atoms with E-state index in [-0.39, 0.29) is 17.4 Å². The number of nitrogens with one attached hydrogen (secondary N) is 2. The van der Waals surface area contributed by atoms with Gasteiger partial charge in [-0.1, -0.05) is 12.1 Å². The molecule has 3 atom stereocenters. The Morgan fingerprint density at radius 1 is 1.42 bits per heavy atom. The van der Waals surface area contributed by atoms with Crippen molar-refractivity contribution >= 4 is 17.2 Å². The number of aromatic nitrogens is 1. The molecule has 1 aromatic carbocycles. The van der Waals surface area contributed by atoms with Gasteiger partial charge in [0, 0.05) is 36.9 Å². The topological polar surface area (TPSA) is 63.2 Å². The molecule has 1 aromatic heterocycles. The van der Waals surface area contributed by atoms with E-state index in [2.05, 4.69) is 33.1 Å². The minimum Gasteiger partial charge on any atom is -0.493 e. The minimum atomic E-state index is -0.364. The maximum absolute atomic E-state index is 13.3. The third kappa shape index (κ3) is 2.72. The van der Waals surface area contributed by atoms with Crippen LogP contribution in [-0.2, 0) is 24.2 Å². The molecule has 0 aliphatic carbocycles. The maximum Gasteiger partial charge on any atom is 0.228 e. The van der Waals surface area contributed by atoms with Crippen LogP contribution in [0.25, 0.3) is 0 Å². The zero-order chi connectivity index (χ0) is 17.6. The van der Waals surface area contributed by atoms with Crippen LogP contribution in [0, 0.1) is 5.41 Å². The first-order chi connectivity index (χ1) is 12.7. The number of nitrogens with zero attached hydrogens (tertiary/aromatic N) is 1. The van der Waals surface area contributed by atoms with E-state index < -0.39 is 0 Å². The number of hydrogen-bond acceptors (Lipinski definition) is 5. The Balaban J connectivity index is 1.33. The molecule has 2 saturated heterocycles. The van der Waals surface area contributed by atoms with E-state index in [1.807, 2.05) is 11.6 Å². The molecule has 136 valence electrons. The van der Waals surface area contributed by atoms with Gasteiger partial charge in [-0.3, -0.25) is 4.79 Å². The molecule has 0 spiro atoms. The van der Waals surface area contributed by atoms with Crippen molar-refractivity contribution in [2.45, 2.75) is 50.7 Å². The fourth-order valence-corrected chi connectivity index (χ4v) is 5.44. The van der Waals surface area contributed by atoms with Crippen LogP contribution in [0.15, 0.2) is 29.1 Å². The molecule has 6 heteroatoms. The molecule has 2 N–H and O–H groups in total. The third-order valence-corrected chi connectivity index (χ3v) is 6.79. The monoisotopic (exact) mass is 369 g/mol. The lowest BCUT2D eigenvalue weighted by Gasteiger charge is -2.34. The first-order valence-electron chi connectivity index (χ1n) is 9.39. The highest BCUT2D eigenvalue weighted by Crippen LogP contribution is 2.46. The van der Waals surface area contributed by atoms with Crippen LogP contribution < -0.4 is 15.4 Å². The van der Waals surface area contributed by atoms with Crippen molar-refractivity contribution in [1.82, 2.24) is 15.6 Å². The molecule has 0 unspecified atom stereocenters. The molecular weight excluding hydrogens is 346 g/mol. The van der Waals surface area contributed by atoms with Crippen molar-refractivity contribution in [3.8, 4) is 5.75 Å². The molecule has 2 fully saturated rings. The third-order valence-electron chi connectivity index (χ3n) is 6.16. The first-order valence-corrected chi connectivity index (χ1v) is 10.3. The fraction of sp³-hybridized carbons (Fsp3) is 0.500. The summed E-state index contributed by atoms with van der Waals surface area (Å²) in [6, 6.07) is 6.98. The van der Waals surface area contributed by atoms with Crippen LogP contribution in [0.4, 0.5) is 0 Å². The van der Waals surface area contributed by atoms with E-state index >= 15 is 0 Å². The van der Waals surface area contributed by atoms with Crippen LogP contribution in [0.2, 0.25) is 0 Å². The molecule has 3 aliphatic heterocycles. The van der Waals surface area contributed by atoms with Gasteiger partial charge in [0.15, 0.2) is 0 Å². The highest BCUT2D eigenvalue weighted by molar-refractivity contribution is 7.07. The average molecular weight is 369 g/mol. The number of thiazole rings is 1. The molecule has 3 aliphatic rings. The molecule has 5 rings (SSSR count). The quantitative estimate of drug-likeness (QED) is 0.850. The predicted molar refractivity (Wildman–Crippen MR) is 100 cm³/mol. The first kappa shape index (κ1) is 16.3. The normalized spacial score (nSPS) is 28.8. The lowest BCUT2D eigenvalue weighted by atomic mass is 9.70. The van der Waals surface area contributed by atoms with E-state index in [1.165, 1.54) is 12.0 Å². The Morgan fingerprint density at radius 2 is 2.38 bits per heavy atom. The van der Waals surface area contributed by atoms with Gasteiger partial charge in [0.1, 0.15) is 5.75 Å². The van der Waals surface area contributed by atoms with E-state index in [0.717, 1.165) is 49.3 Å². The van der Waals surface area contributed by atoms with Gasteiger partial charge in [-0.2, -0.15) is 0 Å². The highest BCUT2D eigenvalue weighted by atomic mass is 32.1. The van der Waals surface area contributed by atoms with Crippen molar-refractivity contribution in [1.29, 1.82) is 0 Å². The molecule has 1 amide bonds. The van der Waals surface area contributed by atoms with Crippen LogP contribution in [0.3, 0.4) is 0 Å². The standard InChI is InChI=1S/C20H23N3O2S/c24-19(21-10-13-1-3-17-14(7-13)5-6-25-17)20(9-16-11-26-12-22-16)8-15-2-4-18(20)23-15/h1,3,7,11-12,15,18,23H,2,4-6,8-10H2,(H,21,24)/t15-,18+,20-/m0/s1. The van der Waals surface area contributed by atoms with Crippen molar-refractivity contribution in [3.63, 3.8) is 0 Å². The highest BCUT2D eigenvalue weighted by Gasteiger charge is 2.55. The maximum atomic E-state index is 13.3. The smallest absolute Gasteiger partial charge is 0.228 e. The molecule has 4 heterocycles. The molecule has 5 nitrogen and oxygen atoms in total. The summed E-state index contributed by atoms with van der Waals surface area (Å²) in [7, 11) is 0. The lowest BCUT2D eigenvalue weighted by Crippen LogP contribution is -2.49. The van der Waals surface area contributed by atoms with Crippen molar-refractivity contribution < 1.29 is 9.53 Å². The average Bonchev–Trinajstić information content (AvgIpc) is 3.43. The van der Waals surface area contributed by atoms with Gasteiger partial charge in [0.25, 0.3) is 0 Å². The van der Waals surface area contributed by atoms with Crippen LogP contribution in [-0.4, -0.2) is 29.6 Å². The Bertz CT molecular complexity index is 822. The zero-order valence-corrected chi connectivity index (χ0v) is 15.5. The van der Waals surface area contributed by atoms with E-state index in [1.54, 1.807) is 11.3 Å². The zero-order valence-electron chi connectivity index (χ0n) is 14.7. The van der Waals surface area contributed by atoms with Crippen molar-refractivity contribution in [3.05, 3.63) is 45.9 Å².